The third kappa shape index (κ3) is 4.40. The van der Waals surface area contributed by atoms with Crippen LogP contribution in [0.3, 0.4) is 0 Å². The van der Waals surface area contributed by atoms with Gasteiger partial charge in [-0.05, 0) is 20.4 Å². The van der Waals surface area contributed by atoms with Gasteiger partial charge in [-0.25, -0.2) is 0 Å². The van der Waals surface area contributed by atoms with E-state index in [1.165, 1.54) is 12.8 Å². The molecule has 1 nitrogen and oxygen atoms in total. The Labute approximate surface area is 64.2 Å². The molecule has 1 atom stereocenters. The van der Waals surface area contributed by atoms with Crippen LogP contribution in [0, 0.1) is 11.8 Å². The van der Waals surface area contributed by atoms with Crippen molar-refractivity contribution < 1.29 is 0 Å². The summed E-state index contributed by atoms with van der Waals surface area (Å²) in [6, 6.07) is 0.595. The number of nitrogens with one attached hydrogen (secondary N) is 1. The third-order valence-corrected chi connectivity index (χ3v) is 1.57. The maximum absolute atomic E-state index is 3.24. The van der Waals surface area contributed by atoms with Crippen LogP contribution in [-0.2, 0) is 0 Å². The molecule has 0 radical (unpaired) electrons. The molecule has 1 unspecified atom stereocenters. The Morgan fingerprint density at radius 1 is 1.50 bits per heavy atom. The van der Waals surface area contributed by atoms with Crippen LogP contribution in [0.2, 0.25) is 0 Å². The molecule has 0 bridgehead atoms. The number of hydrogen-bond acceptors (Lipinski definition) is 1. The van der Waals surface area contributed by atoms with Gasteiger partial charge >= 0.3 is 0 Å². The maximum Gasteiger partial charge on any atom is 0.0243 e. The van der Waals surface area contributed by atoms with Crippen molar-refractivity contribution in [1.29, 1.82) is 0 Å². The highest BCUT2D eigenvalue weighted by Gasteiger charge is 1.99. The fraction of sp³-hybridized carbons (Fsp3) is 0.778. The average Bonchev–Trinajstić information content (AvgIpc) is 1.98. The smallest absolute Gasteiger partial charge is 0.0243 e. The Morgan fingerprint density at radius 3 is 2.60 bits per heavy atom. The summed E-state index contributed by atoms with van der Waals surface area (Å²) < 4.78 is 0. The van der Waals surface area contributed by atoms with Gasteiger partial charge in [-0.15, -0.1) is 11.8 Å². The lowest BCUT2D eigenvalue weighted by Gasteiger charge is -2.10. The molecular weight excluding hydrogens is 122 g/mol. The Hall–Kier alpha value is -0.480. The second-order valence-corrected chi connectivity index (χ2v) is 2.41. The molecule has 0 aromatic carbocycles. The van der Waals surface area contributed by atoms with Gasteiger partial charge in [0.25, 0.3) is 0 Å². The summed E-state index contributed by atoms with van der Waals surface area (Å²) in [5.41, 5.74) is 0. The summed E-state index contributed by atoms with van der Waals surface area (Å²) in [4.78, 5) is 0. The molecule has 0 saturated heterocycles. The SMILES string of the molecule is CC#CCC(CCC)NC. The molecule has 0 amide bonds. The summed E-state index contributed by atoms with van der Waals surface area (Å²) in [5.74, 6) is 5.97. The normalized spacial score (nSPS) is 11.9. The lowest BCUT2D eigenvalue weighted by Crippen LogP contribution is -2.23. The van der Waals surface area contributed by atoms with Gasteiger partial charge in [0.1, 0.15) is 0 Å². The Balaban J connectivity index is 3.45. The van der Waals surface area contributed by atoms with E-state index >= 15 is 0 Å². The van der Waals surface area contributed by atoms with Crippen molar-refractivity contribution in [3.05, 3.63) is 0 Å². The van der Waals surface area contributed by atoms with Gasteiger partial charge in [0.15, 0.2) is 0 Å². The fourth-order valence-electron chi connectivity index (χ4n) is 0.922. The molecule has 0 heterocycles. The minimum atomic E-state index is 0.595. The van der Waals surface area contributed by atoms with E-state index in [4.69, 9.17) is 0 Å². The Kier molecular flexibility index (Phi) is 6.32. The highest BCUT2D eigenvalue weighted by molar-refractivity contribution is 4.97. The maximum atomic E-state index is 3.24. The molecule has 0 aromatic rings. The van der Waals surface area contributed by atoms with E-state index < -0.39 is 0 Å². The Bertz CT molecular complexity index is 118. The van der Waals surface area contributed by atoms with E-state index in [0.29, 0.717) is 6.04 Å². The zero-order chi connectivity index (χ0) is 7.82. The molecule has 58 valence electrons. The van der Waals surface area contributed by atoms with E-state index in [1.807, 2.05) is 14.0 Å². The minimum absolute atomic E-state index is 0.595. The van der Waals surface area contributed by atoms with Gasteiger partial charge in [-0.2, -0.15) is 0 Å². The first-order chi connectivity index (χ1) is 4.85. The molecule has 0 aliphatic heterocycles. The fourth-order valence-corrected chi connectivity index (χ4v) is 0.922. The van der Waals surface area contributed by atoms with Gasteiger partial charge in [0, 0.05) is 12.5 Å². The molecule has 1 heteroatoms. The summed E-state index contributed by atoms with van der Waals surface area (Å²) >= 11 is 0. The second-order valence-electron chi connectivity index (χ2n) is 2.41. The lowest BCUT2D eigenvalue weighted by atomic mass is 10.1. The quantitative estimate of drug-likeness (QED) is 0.585. The van der Waals surface area contributed by atoms with E-state index in [0.717, 1.165) is 6.42 Å². The molecule has 10 heavy (non-hydrogen) atoms. The van der Waals surface area contributed by atoms with Gasteiger partial charge in [0.2, 0.25) is 0 Å². The zero-order valence-corrected chi connectivity index (χ0v) is 7.20. The average molecular weight is 139 g/mol. The van der Waals surface area contributed by atoms with Crippen LogP contribution in [0.1, 0.15) is 33.1 Å². The van der Waals surface area contributed by atoms with Gasteiger partial charge in [0.05, 0.1) is 0 Å². The first-order valence-corrected chi connectivity index (χ1v) is 3.92. The van der Waals surface area contributed by atoms with Crippen molar-refractivity contribution >= 4 is 0 Å². The van der Waals surface area contributed by atoms with Crippen LogP contribution < -0.4 is 5.32 Å². The van der Waals surface area contributed by atoms with Crippen LogP contribution >= 0.6 is 0 Å². The topological polar surface area (TPSA) is 12.0 Å². The zero-order valence-electron chi connectivity index (χ0n) is 7.20. The van der Waals surface area contributed by atoms with Gasteiger partial charge in [-0.3, -0.25) is 0 Å². The molecule has 0 saturated carbocycles. The summed E-state index contributed by atoms with van der Waals surface area (Å²) in [7, 11) is 2.00. The summed E-state index contributed by atoms with van der Waals surface area (Å²) in [5, 5.41) is 3.24. The van der Waals surface area contributed by atoms with Gasteiger partial charge < -0.3 is 5.32 Å². The van der Waals surface area contributed by atoms with Crippen molar-refractivity contribution in [2.24, 2.45) is 0 Å². The minimum Gasteiger partial charge on any atom is -0.316 e. The molecule has 1 N–H and O–H groups in total. The summed E-state index contributed by atoms with van der Waals surface area (Å²) in [6.07, 6.45) is 3.45. The molecular formula is C9H17N. The van der Waals surface area contributed by atoms with Crippen molar-refractivity contribution in [1.82, 2.24) is 5.32 Å². The molecule has 0 aliphatic rings. The number of hydrogen-bond donors (Lipinski definition) is 1. The number of rotatable bonds is 4. The first-order valence-electron chi connectivity index (χ1n) is 3.92. The van der Waals surface area contributed by atoms with Crippen molar-refractivity contribution in [2.75, 3.05) is 7.05 Å². The highest BCUT2D eigenvalue weighted by Crippen LogP contribution is 1.98. The molecule has 0 aromatic heterocycles. The van der Waals surface area contributed by atoms with E-state index in [2.05, 4.69) is 24.1 Å². The van der Waals surface area contributed by atoms with Crippen molar-refractivity contribution in [3.63, 3.8) is 0 Å². The molecule has 0 spiro atoms. The predicted octanol–water partition coefficient (Wildman–Crippen LogP) is 1.79. The van der Waals surface area contributed by atoms with Crippen molar-refractivity contribution in [2.45, 2.75) is 39.2 Å². The standard InChI is InChI=1S/C9H17N/c1-4-6-8-9(10-3)7-5-2/h9-10H,5,7-8H2,1-3H3. The summed E-state index contributed by atoms with van der Waals surface area (Å²) in [6.45, 7) is 4.09. The highest BCUT2D eigenvalue weighted by atomic mass is 14.9. The van der Waals surface area contributed by atoms with Crippen LogP contribution in [0.25, 0.3) is 0 Å². The molecule has 0 aliphatic carbocycles. The second kappa shape index (κ2) is 6.64. The third-order valence-electron chi connectivity index (χ3n) is 1.57. The van der Waals surface area contributed by atoms with E-state index in [9.17, 15) is 0 Å². The van der Waals surface area contributed by atoms with Crippen LogP contribution in [-0.4, -0.2) is 13.1 Å². The van der Waals surface area contributed by atoms with Crippen LogP contribution in [0.15, 0.2) is 0 Å². The Morgan fingerprint density at radius 2 is 2.20 bits per heavy atom. The van der Waals surface area contributed by atoms with Crippen LogP contribution in [0.5, 0.6) is 0 Å². The largest absolute Gasteiger partial charge is 0.316 e. The molecule has 0 rings (SSSR count). The monoisotopic (exact) mass is 139 g/mol. The van der Waals surface area contributed by atoms with E-state index in [1.54, 1.807) is 0 Å². The molecule has 0 fully saturated rings. The van der Waals surface area contributed by atoms with Crippen molar-refractivity contribution in [3.8, 4) is 11.8 Å². The predicted molar refractivity (Wildman–Crippen MR) is 45.8 cm³/mol. The van der Waals surface area contributed by atoms with E-state index in [-0.39, 0.29) is 0 Å². The van der Waals surface area contributed by atoms with Crippen LogP contribution in [0.4, 0.5) is 0 Å². The van der Waals surface area contributed by atoms with Gasteiger partial charge in [-0.1, -0.05) is 13.3 Å². The first kappa shape index (κ1) is 9.52. The lowest BCUT2D eigenvalue weighted by molar-refractivity contribution is 0.527.